The normalized spacial score (nSPS) is 11.5. The zero-order valence-electron chi connectivity index (χ0n) is 16.2. The molecule has 0 aliphatic rings. The maximum absolute atomic E-state index is 12.7. The van der Waals surface area contributed by atoms with Crippen LogP contribution in [0, 0.1) is 6.92 Å². The predicted octanol–water partition coefficient (Wildman–Crippen LogP) is 4.32. The van der Waals surface area contributed by atoms with Gasteiger partial charge in [0.2, 0.25) is 10.0 Å². The average Bonchev–Trinajstić information content (AvgIpc) is 2.68. The highest BCUT2D eigenvalue weighted by Gasteiger charge is 2.18. The van der Waals surface area contributed by atoms with E-state index in [0.29, 0.717) is 16.9 Å². The molecule has 1 N–H and O–H groups in total. The highest BCUT2D eigenvalue weighted by Crippen LogP contribution is 2.23. The molecule has 8 heteroatoms. The van der Waals surface area contributed by atoms with Gasteiger partial charge < -0.3 is 5.32 Å². The van der Waals surface area contributed by atoms with Crippen molar-refractivity contribution in [2.24, 2.45) is 0 Å². The number of halogens is 1. The summed E-state index contributed by atoms with van der Waals surface area (Å²) in [5.74, 6) is -0.352. The molecule has 1 heterocycles. The number of amides is 1. The second kappa shape index (κ2) is 8.44. The Labute approximate surface area is 178 Å². The van der Waals surface area contributed by atoms with Crippen LogP contribution in [0.25, 0.3) is 11.3 Å². The highest BCUT2D eigenvalue weighted by atomic mass is 79.9. The molecule has 0 radical (unpaired) electrons. The molecule has 0 aliphatic heterocycles. The molecule has 0 aliphatic carbocycles. The van der Waals surface area contributed by atoms with Crippen molar-refractivity contribution >= 4 is 37.5 Å². The van der Waals surface area contributed by atoms with E-state index < -0.39 is 10.0 Å². The first-order valence-corrected chi connectivity index (χ1v) is 11.0. The van der Waals surface area contributed by atoms with E-state index in [1.807, 2.05) is 24.3 Å². The molecule has 0 spiro atoms. The number of carbonyl (C=O) groups is 1. The van der Waals surface area contributed by atoms with E-state index in [1.54, 1.807) is 31.2 Å². The third-order valence-electron chi connectivity index (χ3n) is 4.32. The molecule has 0 atom stereocenters. The molecule has 3 aromatic rings. The lowest BCUT2D eigenvalue weighted by Crippen LogP contribution is -2.22. The van der Waals surface area contributed by atoms with E-state index in [-0.39, 0.29) is 10.8 Å². The van der Waals surface area contributed by atoms with Gasteiger partial charge in [-0.3, -0.25) is 9.78 Å². The molecule has 3 rings (SSSR count). The minimum absolute atomic E-state index is 0.111. The summed E-state index contributed by atoms with van der Waals surface area (Å²) in [4.78, 5) is 17.4. The summed E-state index contributed by atoms with van der Waals surface area (Å²) in [5.41, 5.74) is 3.10. The van der Waals surface area contributed by atoms with Gasteiger partial charge in [-0.25, -0.2) is 12.7 Å². The lowest BCUT2D eigenvalue weighted by molar-refractivity contribution is 0.102. The molecule has 0 saturated carbocycles. The Morgan fingerprint density at radius 3 is 2.41 bits per heavy atom. The van der Waals surface area contributed by atoms with Gasteiger partial charge in [0.15, 0.2) is 0 Å². The summed E-state index contributed by atoms with van der Waals surface area (Å²) >= 11 is 3.44. The molecule has 1 amide bonds. The fourth-order valence-corrected chi connectivity index (χ4v) is 4.10. The number of anilines is 1. The number of carbonyl (C=O) groups excluding carboxylic acids is 1. The Balaban J connectivity index is 1.85. The van der Waals surface area contributed by atoms with E-state index in [9.17, 15) is 13.2 Å². The molecular weight excluding hydrogens is 454 g/mol. The van der Waals surface area contributed by atoms with Crippen molar-refractivity contribution in [3.05, 3.63) is 76.4 Å². The molecular formula is C21H20BrN3O3S. The molecule has 150 valence electrons. The lowest BCUT2D eigenvalue weighted by Gasteiger charge is -2.13. The van der Waals surface area contributed by atoms with Gasteiger partial charge in [-0.15, -0.1) is 0 Å². The smallest absolute Gasteiger partial charge is 0.257 e. The van der Waals surface area contributed by atoms with Crippen molar-refractivity contribution in [2.45, 2.75) is 11.8 Å². The average molecular weight is 474 g/mol. The molecule has 6 nitrogen and oxygen atoms in total. The van der Waals surface area contributed by atoms with Crippen molar-refractivity contribution in [1.82, 2.24) is 9.29 Å². The van der Waals surface area contributed by atoms with Crippen LogP contribution >= 0.6 is 15.9 Å². The summed E-state index contributed by atoms with van der Waals surface area (Å²) < 4.78 is 26.7. The second-order valence-corrected chi connectivity index (χ2v) is 9.68. The quantitative estimate of drug-likeness (QED) is 0.598. The Morgan fingerprint density at radius 2 is 1.76 bits per heavy atom. The Hall–Kier alpha value is -2.55. The number of aromatic nitrogens is 1. The number of rotatable bonds is 5. The fraction of sp³-hybridized carbons (Fsp3) is 0.143. The van der Waals surface area contributed by atoms with Gasteiger partial charge in [0.25, 0.3) is 5.91 Å². The van der Waals surface area contributed by atoms with Crippen LogP contribution in [0.5, 0.6) is 0 Å². The third-order valence-corrected chi connectivity index (χ3v) is 6.63. The maximum Gasteiger partial charge on any atom is 0.257 e. The van der Waals surface area contributed by atoms with Crippen LogP contribution in [0.2, 0.25) is 0 Å². The van der Waals surface area contributed by atoms with Crippen LogP contribution in [-0.4, -0.2) is 37.7 Å². The van der Waals surface area contributed by atoms with E-state index in [4.69, 9.17) is 0 Å². The fourth-order valence-electron chi connectivity index (χ4n) is 2.75. The van der Waals surface area contributed by atoms with E-state index in [1.165, 1.54) is 26.2 Å². The summed E-state index contributed by atoms with van der Waals surface area (Å²) in [7, 11) is -0.660. The van der Waals surface area contributed by atoms with Crippen molar-refractivity contribution < 1.29 is 13.2 Å². The molecule has 29 heavy (non-hydrogen) atoms. The van der Waals surface area contributed by atoms with Crippen molar-refractivity contribution in [2.75, 3.05) is 19.4 Å². The molecule has 1 aromatic heterocycles. The van der Waals surface area contributed by atoms with E-state index in [2.05, 4.69) is 26.2 Å². The number of nitrogens with one attached hydrogen (secondary N) is 1. The molecule has 2 aromatic carbocycles. The predicted molar refractivity (Wildman–Crippen MR) is 117 cm³/mol. The Kier molecular flexibility index (Phi) is 6.16. The third kappa shape index (κ3) is 4.72. The summed E-state index contributed by atoms with van der Waals surface area (Å²) in [6.07, 6.45) is 0. The molecule has 0 saturated heterocycles. The Bertz CT molecular complexity index is 1180. The number of hydrogen-bond donors (Lipinski definition) is 1. The van der Waals surface area contributed by atoms with Crippen LogP contribution in [0.4, 0.5) is 5.69 Å². The summed E-state index contributed by atoms with van der Waals surface area (Å²) in [6.45, 7) is 1.77. The minimum Gasteiger partial charge on any atom is -0.322 e. The van der Waals surface area contributed by atoms with Crippen molar-refractivity contribution in [3.63, 3.8) is 0 Å². The second-order valence-electron chi connectivity index (χ2n) is 6.61. The van der Waals surface area contributed by atoms with Crippen LogP contribution in [-0.2, 0) is 10.0 Å². The van der Waals surface area contributed by atoms with Gasteiger partial charge >= 0.3 is 0 Å². The van der Waals surface area contributed by atoms with E-state index in [0.717, 1.165) is 20.0 Å². The molecule has 0 unspecified atom stereocenters. The zero-order chi connectivity index (χ0) is 21.2. The van der Waals surface area contributed by atoms with Crippen LogP contribution in [0.1, 0.15) is 16.1 Å². The number of aryl methyl sites for hydroxylation is 1. The number of pyridine rings is 1. The summed E-state index contributed by atoms with van der Waals surface area (Å²) in [6, 6.07) is 17.4. The standard InChI is InChI=1S/C21H20BrN3O3S/c1-14-19(10-11-20(23-14)15-6-4-7-16(22)12-15)21(26)24-17-8-5-9-18(13-17)29(27,28)25(2)3/h4-13H,1-3H3,(H,24,26). The first-order valence-electron chi connectivity index (χ1n) is 8.76. The molecule has 0 fully saturated rings. The lowest BCUT2D eigenvalue weighted by atomic mass is 10.1. The van der Waals surface area contributed by atoms with E-state index >= 15 is 0 Å². The van der Waals surface area contributed by atoms with Gasteiger partial charge in [0, 0.05) is 29.8 Å². The number of sulfonamides is 1. The largest absolute Gasteiger partial charge is 0.322 e. The minimum atomic E-state index is -3.58. The maximum atomic E-state index is 12.7. The number of benzene rings is 2. The summed E-state index contributed by atoms with van der Waals surface area (Å²) in [5, 5.41) is 2.75. The first-order chi connectivity index (χ1) is 13.7. The van der Waals surface area contributed by atoms with Crippen LogP contribution in [0.15, 0.2) is 70.0 Å². The Morgan fingerprint density at radius 1 is 1.03 bits per heavy atom. The first kappa shape index (κ1) is 21.2. The van der Waals surface area contributed by atoms with Crippen LogP contribution in [0.3, 0.4) is 0 Å². The number of nitrogens with zero attached hydrogens (tertiary/aromatic N) is 2. The SMILES string of the molecule is Cc1nc(-c2cccc(Br)c2)ccc1C(=O)Nc1cccc(S(=O)(=O)N(C)C)c1. The van der Waals surface area contributed by atoms with Gasteiger partial charge in [0.05, 0.1) is 21.8 Å². The van der Waals surface area contributed by atoms with Crippen LogP contribution < -0.4 is 5.32 Å². The van der Waals surface area contributed by atoms with Crippen molar-refractivity contribution in [3.8, 4) is 11.3 Å². The highest BCUT2D eigenvalue weighted by molar-refractivity contribution is 9.10. The number of hydrogen-bond acceptors (Lipinski definition) is 4. The topological polar surface area (TPSA) is 79.4 Å². The monoisotopic (exact) mass is 473 g/mol. The van der Waals surface area contributed by atoms with Gasteiger partial charge in [-0.1, -0.05) is 34.1 Å². The van der Waals surface area contributed by atoms with Crippen molar-refractivity contribution in [1.29, 1.82) is 0 Å². The molecule has 0 bridgehead atoms. The van der Waals surface area contributed by atoms with Gasteiger partial charge in [-0.05, 0) is 49.4 Å². The van der Waals surface area contributed by atoms with Gasteiger partial charge in [-0.2, -0.15) is 0 Å². The van der Waals surface area contributed by atoms with Gasteiger partial charge in [0.1, 0.15) is 0 Å². The zero-order valence-corrected chi connectivity index (χ0v) is 18.6.